The van der Waals surface area contributed by atoms with Gasteiger partial charge >= 0.3 is 0 Å². The van der Waals surface area contributed by atoms with Gasteiger partial charge in [-0.2, -0.15) is 10.5 Å². The molecule has 0 bridgehead atoms. The van der Waals surface area contributed by atoms with Gasteiger partial charge in [-0.25, -0.2) is 0 Å². The zero-order valence-corrected chi connectivity index (χ0v) is 10.6. The Labute approximate surface area is 113 Å². The van der Waals surface area contributed by atoms with Crippen LogP contribution in [-0.4, -0.2) is 28.9 Å². The van der Waals surface area contributed by atoms with Gasteiger partial charge < -0.3 is 10.6 Å². The van der Waals surface area contributed by atoms with Crippen LogP contribution in [0.4, 0.5) is 5.69 Å². The summed E-state index contributed by atoms with van der Waals surface area (Å²) in [6, 6.07) is 5.46. The van der Waals surface area contributed by atoms with Crippen LogP contribution in [0.1, 0.15) is 9.67 Å². The van der Waals surface area contributed by atoms with Gasteiger partial charge in [0.2, 0.25) is 0 Å². The first-order valence-corrected chi connectivity index (χ1v) is 6.16. The molecule has 0 unspecified atom stereocenters. The van der Waals surface area contributed by atoms with Crippen LogP contribution in [0.5, 0.6) is 0 Å². The highest BCUT2D eigenvalue weighted by molar-refractivity contribution is 7.21. The average Bonchev–Trinajstić information content (AvgIpc) is 2.76. The second-order valence-corrected chi connectivity index (χ2v) is 4.75. The number of fused-ring (bicyclic) bond motifs is 1. The third kappa shape index (κ3) is 2.32. The number of rotatable bonds is 3. The van der Waals surface area contributed by atoms with E-state index in [1.54, 1.807) is 18.5 Å². The monoisotopic (exact) mass is 271 g/mol. The van der Waals surface area contributed by atoms with Gasteiger partial charge in [0.15, 0.2) is 0 Å². The van der Waals surface area contributed by atoms with Crippen LogP contribution in [-0.2, 0) is 0 Å². The smallest absolute Gasteiger partial charge is 0.267 e. The number of carbonyl (C=O) groups excluding carboxylic acids is 1. The molecule has 0 saturated heterocycles. The summed E-state index contributed by atoms with van der Waals surface area (Å²) in [5.74, 6) is -0.401. The number of pyridine rings is 1. The van der Waals surface area contributed by atoms with E-state index in [1.807, 2.05) is 12.1 Å². The second kappa shape index (κ2) is 5.34. The van der Waals surface area contributed by atoms with Crippen molar-refractivity contribution >= 4 is 33.0 Å². The van der Waals surface area contributed by atoms with Crippen molar-refractivity contribution in [1.29, 1.82) is 10.5 Å². The number of aromatic nitrogens is 1. The Balaban J connectivity index is 2.44. The fourth-order valence-electron chi connectivity index (χ4n) is 1.64. The molecule has 2 aromatic rings. The molecule has 0 aliphatic rings. The predicted octanol–water partition coefficient (Wildman–Crippen LogP) is 1.37. The molecular weight excluding hydrogens is 262 g/mol. The second-order valence-electron chi connectivity index (χ2n) is 3.69. The molecule has 0 aliphatic heterocycles. The van der Waals surface area contributed by atoms with Crippen molar-refractivity contribution in [2.75, 3.05) is 18.8 Å². The maximum Gasteiger partial charge on any atom is 0.267 e. The number of hydrogen-bond donors (Lipinski definition) is 1. The van der Waals surface area contributed by atoms with E-state index in [-0.39, 0.29) is 13.1 Å². The number of hydrogen-bond acceptors (Lipinski definition) is 6. The fraction of sp³-hybridized carbons (Fsp3) is 0.167. The van der Waals surface area contributed by atoms with Crippen LogP contribution in [0.2, 0.25) is 0 Å². The van der Waals surface area contributed by atoms with Crippen LogP contribution in [0, 0.1) is 22.7 Å². The maximum absolute atomic E-state index is 12.2. The van der Waals surface area contributed by atoms with E-state index in [4.69, 9.17) is 16.3 Å². The number of amides is 1. The number of nitriles is 2. The van der Waals surface area contributed by atoms with E-state index >= 15 is 0 Å². The lowest BCUT2D eigenvalue weighted by molar-refractivity contribution is 0.0800. The Hall–Kier alpha value is -2.64. The number of nitrogen functional groups attached to an aromatic ring is 1. The number of thiophene rings is 1. The minimum atomic E-state index is -0.401. The first-order valence-electron chi connectivity index (χ1n) is 5.34. The summed E-state index contributed by atoms with van der Waals surface area (Å²) in [5.41, 5.74) is 6.31. The molecule has 0 radical (unpaired) electrons. The average molecular weight is 271 g/mol. The first kappa shape index (κ1) is 12.8. The van der Waals surface area contributed by atoms with Crippen molar-refractivity contribution in [2.45, 2.75) is 0 Å². The van der Waals surface area contributed by atoms with E-state index in [0.717, 1.165) is 15.0 Å². The molecule has 0 atom stereocenters. The molecule has 0 spiro atoms. The Morgan fingerprint density at radius 1 is 1.42 bits per heavy atom. The number of anilines is 1. The largest absolute Gasteiger partial charge is 0.397 e. The SMILES string of the molecule is N#CCN(CC#N)C(=O)c1sc2cnccc2c1N. The van der Waals surface area contributed by atoms with E-state index < -0.39 is 5.91 Å². The van der Waals surface area contributed by atoms with Gasteiger partial charge in [0.25, 0.3) is 5.91 Å². The van der Waals surface area contributed by atoms with Crippen molar-refractivity contribution in [3.8, 4) is 12.1 Å². The molecule has 2 aromatic heterocycles. The molecule has 19 heavy (non-hydrogen) atoms. The molecule has 2 N–H and O–H groups in total. The van der Waals surface area contributed by atoms with E-state index in [9.17, 15) is 4.79 Å². The molecule has 7 heteroatoms. The van der Waals surface area contributed by atoms with Gasteiger partial charge in [-0.3, -0.25) is 9.78 Å². The summed E-state index contributed by atoms with van der Waals surface area (Å²) in [6.45, 7) is -0.281. The Morgan fingerprint density at radius 3 is 2.68 bits per heavy atom. The highest BCUT2D eigenvalue weighted by Gasteiger charge is 2.21. The van der Waals surface area contributed by atoms with Gasteiger partial charge in [-0.15, -0.1) is 11.3 Å². The summed E-state index contributed by atoms with van der Waals surface area (Å²) in [4.78, 5) is 17.7. The van der Waals surface area contributed by atoms with E-state index in [1.165, 1.54) is 11.3 Å². The zero-order valence-electron chi connectivity index (χ0n) is 9.83. The summed E-state index contributed by atoms with van der Waals surface area (Å²) in [5, 5.41) is 18.1. The topological polar surface area (TPSA) is 107 Å². The molecule has 2 rings (SSSR count). The van der Waals surface area contributed by atoms with Gasteiger partial charge in [0.05, 0.1) is 22.5 Å². The van der Waals surface area contributed by atoms with Crippen LogP contribution in [0.25, 0.3) is 10.1 Å². The maximum atomic E-state index is 12.2. The predicted molar refractivity (Wildman–Crippen MR) is 71.2 cm³/mol. The van der Waals surface area contributed by atoms with Gasteiger partial charge in [0, 0.05) is 17.8 Å². The van der Waals surface area contributed by atoms with Gasteiger partial charge in [0.1, 0.15) is 18.0 Å². The minimum absolute atomic E-state index is 0.141. The Kier molecular flexibility index (Phi) is 3.60. The standard InChI is InChI=1S/C12H9N5OS/c13-2-5-17(6-3-14)12(18)11-10(15)8-1-4-16-7-9(8)19-11/h1,4,7H,5-6,15H2. The highest BCUT2D eigenvalue weighted by atomic mass is 32.1. The third-order valence-corrected chi connectivity index (χ3v) is 3.68. The summed E-state index contributed by atoms with van der Waals surface area (Å²) < 4.78 is 0.803. The molecule has 94 valence electrons. The number of nitrogens with zero attached hydrogens (tertiary/aromatic N) is 4. The first-order chi connectivity index (χ1) is 9.19. The minimum Gasteiger partial charge on any atom is -0.397 e. The molecule has 1 amide bonds. The lowest BCUT2D eigenvalue weighted by Crippen LogP contribution is -2.31. The van der Waals surface area contributed by atoms with E-state index in [0.29, 0.717) is 10.6 Å². The van der Waals surface area contributed by atoms with Gasteiger partial charge in [-0.05, 0) is 6.07 Å². The van der Waals surface area contributed by atoms with Crippen molar-refractivity contribution in [2.24, 2.45) is 0 Å². The number of carbonyl (C=O) groups is 1. The third-order valence-electron chi connectivity index (χ3n) is 2.54. The zero-order chi connectivity index (χ0) is 13.8. The van der Waals surface area contributed by atoms with Crippen molar-refractivity contribution < 1.29 is 4.79 Å². The van der Waals surface area contributed by atoms with Crippen LogP contribution in [0.15, 0.2) is 18.5 Å². The molecule has 2 heterocycles. The highest BCUT2D eigenvalue weighted by Crippen LogP contribution is 2.33. The molecule has 0 fully saturated rings. The van der Waals surface area contributed by atoms with Crippen molar-refractivity contribution in [1.82, 2.24) is 9.88 Å². The summed E-state index contributed by atoms with van der Waals surface area (Å²) in [6.07, 6.45) is 3.23. The van der Waals surface area contributed by atoms with Gasteiger partial charge in [-0.1, -0.05) is 0 Å². The summed E-state index contributed by atoms with van der Waals surface area (Å²) >= 11 is 1.21. The summed E-state index contributed by atoms with van der Waals surface area (Å²) in [7, 11) is 0. The Morgan fingerprint density at radius 2 is 2.11 bits per heavy atom. The van der Waals surface area contributed by atoms with E-state index in [2.05, 4.69) is 4.98 Å². The van der Waals surface area contributed by atoms with Crippen molar-refractivity contribution in [3.05, 3.63) is 23.3 Å². The quantitative estimate of drug-likeness (QED) is 0.848. The normalized spacial score (nSPS) is 9.79. The molecule has 0 aliphatic carbocycles. The lowest BCUT2D eigenvalue weighted by Gasteiger charge is -2.14. The van der Waals surface area contributed by atoms with Crippen molar-refractivity contribution in [3.63, 3.8) is 0 Å². The lowest BCUT2D eigenvalue weighted by atomic mass is 10.2. The van der Waals surface area contributed by atoms with Crippen LogP contribution < -0.4 is 5.73 Å². The molecule has 0 aromatic carbocycles. The number of nitrogens with two attached hydrogens (primary N) is 1. The molecular formula is C12H9N5OS. The molecule has 0 saturated carbocycles. The fourth-order valence-corrected chi connectivity index (χ4v) is 2.70. The molecule has 6 nitrogen and oxygen atoms in total. The van der Waals surface area contributed by atoms with Crippen LogP contribution in [0.3, 0.4) is 0 Å². The Bertz CT molecular complexity index is 693. The van der Waals surface area contributed by atoms with Crippen LogP contribution >= 0.6 is 11.3 Å².